The molecule has 0 heterocycles. The van der Waals surface area contributed by atoms with E-state index in [0.717, 1.165) is 19.3 Å². The molecule has 7 heteroatoms. The quantitative estimate of drug-likeness (QED) is 0.408. The first-order valence-corrected chi connectivity index (χ1v) is 13.0. The number of anilines is 1. The van der Waals surface area contributed by atoms with Gasteiger partial charge in [0.05, 0.1) is 19.9 Å². The van der Waals surface area contributed by atoms with E-state index in [1.54, 1.807) is 43.5 Å². The molecule has 38 heavy (non-hydrogen) atoms. The highest BCUT2D eigenvalue weighted by Gasteiger charge is 2.51. The molecule has 2 aliphatic carbocycles. The van der Waals surface area contributed by atoms with Crippen molar-refractivity contribution in [3.05, 3.63) is 89.2 Å². The molecule has 0 aliphatic heterocycles. The molecule has 0 unspecified atom stereocenters. The summed E-state index contributed by atoms with van der Waals surface area (Å²) in [6, 6.07) is 20.0. The van der Waals surface area contributed by atoms with Crippen LogP contribution in [0.15, 0.2) is 66.7 Å². The fourth-order valence-corrected chi connectivity index (χ4v) is 6.23. The van der Waals surface area contributed by atoms with Gasteiger partial charge in [0.2, 0.25) is 12.3 Å². The van der Waals surface area contributed by atoms with Gasteiger partial charge in [-0.15, -0.1) is 0 Å². The Morgan fingerprint density at radius 2 is 1.74 bits per heavy atom. The summed E-state index contributed by atoms with van der Waals surface area (Å²) in [5, 5.41) is 3.04. The Hall–Kier alpha value is -3.87. The van der Waals surface area contributed by atoms with Crippen LogP contribution in [0.4, 0.5) is 10.1 Å². The van der Waals surface area contributed by atoms with Gasteiger partial charge in [0.1, 0.15) is 22.9 Å². The minimum atomic E-state index is -1.14. The zero-order valence-electron chi connectivity index (χ0n) is 21.8. The van der Waals surface area contributed by atoms with Gasteiger partial charge < -0.3 is 19.7 Å². The lowest BCUT2D eigenvalue weighted by Gasteiger charge is -2.50. The Labute approximate surface area is 222 Å². The number of nitrogens with zero attached hydrogens (tertiary/aromatic N) is 1. The van der Waals surface area contributed by atoms with E-state index in [9.17, 15) is 14.0 Å². The van der Waals surface area contributed by atoms with Crippen molar-refractivity contribution in [1.82, 2.24) is 4.90 Å². The fraction of sp³-hybridized carbons (Fsp3) is 0.355. The summed E-state index contributed by atoms with van der Waals surface area (Å²) in [4.78, 5) is 28.4. The van der Waals surface area contributed by atoms with Crippen molar-refractivity contribution in [1.29, 1.82) is 0 Å². The molecule has 2 aliphatic rings. The average Bonchev–Trinajstić information content (AvgIpc) is 2.95. The highest BCUT2D eigenvalue weighted by molar-refractivity contribution is 6.00. The van der Waals surface area contributed by atoms with Crippen LogP contribution in [0, 0.1) is 17.7 Å². The van der Waals surface area contributed by atoms with Crippen molar-refractivity contribution in [2.75, 3.05) is 19.5 Å². The topological polar surface area (TPSA) is 67.9 Å². The Kier molecular flexibility index (Phi) is 7.36. The summed E-state index contributed by atoms with van der Waals surface area (Å²) in [6.45, 7) is 0.0112. The second kappa shape index (κ2) is 10.9. The zero-order chi connectivity index (χ0) is 26.7. The van der Waals surface area contributed by atoms with Crippen molar-refractivity contribution < 1.29 is 23.5 Å². The van der Waals surface area contributed by atoms with Crippen molar-refractivity contribution in [2.45, 2.75) is 44.2 Å². The van der Waals surface area contributed by atoms with Gasteiger partial charge in [-0.3, -0.25) is 9.59 Å². The van der Waals surface area contributed by atoms with Gasteiger partial charge >= 0.3 is 0 Å². The molecule has 1 N–H and O–H groups in total. The molecule has 198 valence electrons. The van der Waals surface area contributed by atoms with Gasteiger partial charge in [0.15, 0.2) is 0 Å². The second-order valence-electron chi connectivity index (χ2n) is 10.3. The first-order valence-electron chi connectivity index (χ1n) is 13.0. The van der Waals surface area contributed by atoms with Gasteiger partial charge in [-0.2, -0.15) is 0 Å². The molecular formula is C31H33FN2O4. The first-order chi connectivity index (χ1) is 18.5. The number of hydrogen-bond donors (Lipinski definition) is 1. The molecule has 3 aromatic rings. The van der Waals surface area contributed by atoms with Crippen molar-refractivity contribution in [2.24, 2.45) is 11.8 Å². The molecule has 3 atom stereocenters. The number of benzene rings is 3. The number of amides is 2. The van der Waals surface area contributed by atoms with E-state index < -0.39 is 11.4 Å². The van der Waals surface area contributed by atoms with Crippen LogP contribution < -0.4 is 14.8 Å². The van der Waals surface area contributed by atoms with Crippen LogP contribution in [0.2, 0.25) is 0 Å². The number of carbonyl (C=O) groups is 2. The summed E-state index contributed by atoms with van der Waals surface area (Å²) >= 11 is 0. The van der Waals surface area contributed by atoms with Gasteiger partial charge in [-0.25, -0.2) is 4.39 Å². The lowest BCUT2D eigenvalue weighted by molar-refractivity contribution is -0.143. The van der Waals surface area contributed by atoms with Gasteiger partial charge in [0, 0.05) is 18.2 Å². The van der Waals surface area contributed by atoms with E-state index >= 15 is 0 Å². The predicted molar refractivity (Wildman–Crippen MR) is 144 cm³/mol. The summed E-state index contributed by atoms with van der Waals surface area (Å²) in [6.07, 6.45) is 4.33. The fourth-order valence-electron chi connectivity index (χ4n) is 6.23. The lowest BCUT2D eigenvalue weighted by atomic mass is 9.62. The highest BCUT2D eigenvalue weighted by Crippen LogP contribution is 2.47. The molecule has 1 saturated carbocycles. The summed E-state index contributed by atoms with van der Waals surface area (Å²) in [7, 11) is 3.09. The minimum absolute atomic E-state index is 0.0112. The number of ether oxygens (including phenoxy) is 2. The van der Waals surface area contributed by atoms with Gasteiger partial charge in [-0.1, -0.05) is 42.5 Å². The molecule has 2 amide bonds. The van der Waals surface area contributed by atoms with Crippen LogP contribution >= 0.6 is 0 Å². The summed E-state index contributed by atoms with van der Waals surface area (Å²) < 4.78 is 25.5. The van der Waals surface area contributed by atoms with Crippen LogP contribution in [0.3, 0.4) is 0 Å². The van der Waals surface area contributed by atoms with E-state index in [1.165, 1.54) is 29.2 Å². The van der Waals surface area contributed by atoms with E-state index in [1.807, 2.05) is 6.07 Å². The molecule has 0 aromatic heterocycles. The minimum Gasteiger partial charge on any atom is -0.497 e. The molecular weight excluding hydrogens is 483 g/mol. The second-order valence-corrected chi connectivity index (χ2v) is 10.3. The van der Waals surface area contributed by atoms with Crippen molar-refractivity contribution in [3.63, 3.8) is 0 Å². The molecule has 1 fully saturated rings. The third-order valence-electron chi connectivity index (χ3n) is 8.33. The number of methoxy groups -OCH3 is 2. The van der Waals surface area contributed by atoms with E-state index in [0.29, 0.717) is 47.9 Å². The van der Waals surface area contributed by atoms with E-state index in [-0.39, 0.29) is 18.4 Å². The standard InChI is InChI=1S/C31H33FN2O4/c1-37-26-11-12-28(29(17-26)38-2)33-30(36)31(34(20-35)19-24-9-5-6-10-27(24)32)14-13-23-15-21-7-3-4-8-22(21)16-25(23)18-31/h3-12,17,20,23,25H,13-16,18-19H2,1-2H3,(H,33,36)/t23-,25-,31+/m1/s1. The third-order valence-corrected chi connectivity index (χ3v) is 8.33. The molecule has 5 rings (SSSR count). The number of halogens is 1. The van der Waals surface area contributed by atoms with Crippen LogP contribution in [-0.4, -0.2) is 37.0 Å². The summed E-state index contributed by atoms with van der Waals surface area (Å²) in [5.41, 5.74) is 2.40. The largest absolute Gasteiger partial charge is 0.497 e. The molecule has 0 saturated heterocycles. The number of fused-ring (bicyclic) bond motifs is 2. The SMILES string of the molecule is COc1ccc(NC(=O)[C@]2(N(C=O)Cc3ccccc3F)CC[C@@H]3Cc4ccccc4C[C@@H]3C2)c(OC)c1. The normalized spacial score (nSPS) is 22.0. The Bertz CT molecular complexity index is 1330. The maximum absolute atomic E-state index is 14.7. The Balaban J connectivity index is 1.50. The molecule has 0 bridgehead atoms. The average molecular weight is 517 g/mol. The number of carbonyl (C=O) groups excluding carboxylic acids is 2. The maximum atomic E-state index is 14.7. The van der Waals surface area contributed by atoms with Crippen molar-refractivity contribution >= 4 is 18.0 Å². The lowest BCUT2D eigenvalue weighted by Crippen LogP contribution is -2.60. The predicted octanol–water partition coefficient (Wildman–Crippen LogP) is 5.39. The molecule has 0 radical (unpaired) electrons. The van der Waals surface area contributed by atoms with E-state index in [4.69, 9.17) is 9.47 Å². The molecule has 6 nitrogen and oxygen atoms in total. The maximum Gasteiger partial charge on any atom is 0.250 e. The van der Waals surface area contributed by atoms with Crippen LogP contribution in [0.5, 0.6) is 11.5 Å². The van der Waals surface area contributed by atoms with Crippen LogP contribution in [0.1, 0.15) is 36.0 Å². The van der Waals surface area contributed by atoms with Crippen molar-refractivity contribution in [3.8, 4) is 11.5 Å². The third kappa shape index (κ3) is 4.85. The number of nitrogens with one attached hydrogen (secondary N) is 1. The monoisotopic (exact) mass is 516 g/mol. The Morgan fingerprint density at radius 3 is 2.42 bits per heavy atom. The van der Waals surface area contributed by atoms with Gasteiger partial charge in [0.25, 0.3) is 0 Å². The zero-order valence-corrected chi connectivity index (χ0v) is 21.8. The summed E-state index contributed by atoms with van der Waals surface area (Å²) in [5.74, 6) is 1.03. The molecule has 0 spiro atoms. The van der Waals surface area contributed by atoms with Crippen LogP contribution in [0.25, 0.3) is 0 Å². The number of rotatable bonds is 8. The highest BCUT2D eigenvalue weighted by atomic mass is 19.1. The van der Waals surface area contributed by atoms with E-state index in [2.05, 4.69) is 23.5 Å². The number of hydrogen-bond acceptors (Lipinski definition) is 4. The van der Waals surface area contributed by atoms with Gasteiger partial charge in [-0.05, 0) is 73.3 Å². The van der Waals surface area contributed by atoms with Crippen LogP contribution in [-0.2, 0) is 29.0 Å². The molecule has 3 aromatic carbocycles. The smallest absolute Gasteiger partial charge is 0.250 e. The Morgan fingerprint density at radius 1 is 1.03 bits per heavy atom. The first kappa shape index (κ1) is 25.8.